The molecule has 0 radical (unpaired) electrons. The van der Waals surface area contributed by atoms with Gasteiger partial charge in [0.15, 0.2) is 0 Å². The molecule has 2 aliphatic heterocycles. The minimum absolute atomic E-state index is 0.0742. The summed E-state index contributed by atoms with van der Waals surface area (Å²) in [5, 5.41) is 0. The van der Waals surface area contributed by atoms with E-state index in [1.807, 2.05) is 4.90 Å². The Balaban J connectivity index is 1.62. The van der Waals surface area contributed by atoms with Crippen molar-refractivity contribution in [3.8, 4) is 0 Å². The SMILES string of the molecule is Cc1cc(C)cc(C2CCN(C(=O)[C@@H]3CCCN3C(N)=O)CC2)c1. The number of nitrogens with zero attached hydrogens (tertiary/aromatic N) is 2. The molecule has 1 aromatic rings. The van der Waals surface area contributed by atoms with Crippen LogP contribution in [0.1, 0.15) is 48.3 Å². The topological polar surface area (TPSA) is 66.6 Å². The quantitative estimate of drug-likeness (QED) is 0.906. The van der Waals surface area contributed by atoms with Gasteiger partial charge in [0.25, 0.3) is 0 Å². The van der Waals surface area contributed by atoms with Crippen molar-refractivity contribution in [3.05, 3.63) is 34.9 Å². The van der Waals surface area contributed by atoms with Gasteiger partial charge in [0, 0.05) is 19.6 Å². The van der Waals surface area contributed by atoms with E-state index in [1.54, 1.807) is 0 Å². The maximum absolute atomic E-state index is 12.7. The Labute approximate surface area is 143 Å². The van der Waals surface area contributed by atoms with Crippen LogP contribution in [0.25, 0.3) is 0 Å². The minimum atomic E-state index is -0.476. The number of piperidine rings is 1. The molecule has 2 heterocycles. The van der Waals surface area contributed by atoms with Crippen molar-refractivity contribution in [3.63, 3.8) is 0 Å². The Hall–Kier alpha value is -2.04. The smallest absolute Gasteiger partial charge is 0.315 e. The maximum Gasteiger partial charge on any atom is 0.315 e. The zero-order chi connectivity index (χ0) is 17.3. The van der Waals surface area contributed by atoms with Crippen molar-refractivity contribution in [2.75, 3.05) is 19.6 Å². The lowest BCUT2D eigenvalue weighted by Crippen LogP contribution is -2.51. The summed E-state index contributed by atoms with van der Waals surface area (Å²) in [5.41, 5.74) is 9.38. The number of carbonyl (C=O) groups excluding carboxylic acids is 2. The van der Waals surface area contributed by atoms with E-state index in [2.05, 4.69) is 32.0 Å². The lowest BCUT2D eigenvalue weighted by molar-refractivity contribution is -0.136. The predicted molar refractivity (Wildman–Crippen MR) is 93.8 cm³/mol. The fourth-order valence-electron chi connectivity index (χ4n) is 4.18. The average molecular weight is 329 g/mol. The Kier molecular flexibility index (Phi) is 4.78. The number of carbonyl (C=O) groups is 2. The Bertz CT molecular complexity index is 615. The van der Waals surface area contributed by atoms with Crippen LogP contribution in [0.4, 0.5) is 4.79 Å². The van der Waals surface area contributed by atoms with E-state index in [0.717, 1.165) is 38.8 Å². The maximum atomic E-state index is 12.7. The molecule has 0 bridgehead atoms. The van der Waals surface area contributed by atoms with Gasteiger partial charge in [-0.05, 0) is 51.0 Å². The van der Waals surface area contributed by atoms with Crippen molar-refractivity contribution in [2.24, 2.45) is 5.73 Å². The second kappa shape index (κ2) is 6.83. The third-order valence-corrected chi connectivity index (χ3v) is 5.34. The number of aryl methyl sites for hydroxylation is 2. The van der Waals surface area contributed by atoms with E-state index in [4.69, 9.17) is 5.73 Å². The number of benzene rings is 1. The molecule has 0 saturated carbocycles. The number of nitrogens with two attached hydrogens (primary N) is 1. The summed E-state index contributed by atoms with van der Waals surface area (Å²) in [6, 6.07) is 5.90. The second-order valence-corrected chi connectivity index (χ2v) is 7.21. The molecule has 0 spiro atoms. The molecule has 5 heteroatoms. The Morgan fingerprint density at radius 3 is 2.21 bits per heavy atom. The molecule has 0 aliphatic carbocycles. The molecule has 5 nitrogen and oxygen atoms in total. The summed E-state index contributed by atoms with van der Waals surface area (Å²) in [7, 11) is 0. The molecular weight excluding hydrogens is 302 g/mol. The second-order valence-electron chi connectivity index (χ2n) is 7.21. The van der Waals surface area contributed by atoms with Gasteiger partial charge >= 0.3 is 6.03 Å². The zero-order valence-corrected chi connectivity index (χ0v) is 14.6. The van der Waals surface area contributed by atoms with E-state index in [1.165, 1.54) is 21.6 Å². The van der Waals surface area contributed by atoms with Gasteiger partial charge in [-0.2, -0.15) is 0 Å². The number of likely N-dealkylation sites (tertiary alicyclic amines) is 2. The van der Waals surface area contributed by atoms with Crippen molar-refractivity contribution in [2.45, 2.75) is 51.5 Å². The third-order valence-electron chi connectivity index (χ3n) is 5.34. The number of urea groups is 1. The average Bonchev–Trinajstić information content (AvgIpc) is 3.03. The monoisotopic (exact) mass is 329 g/mol. The lowest BCUT2D eigenvalue weighted by atomic mass is 9.87. The van der Waals surface area contributed by atoms with Crippen LogP contribution >= 0.6 is 0 Å². The summed E-state index contributed by atoms with van der Waals surface area (Å²) in [5.74, 6) is 0.591. The first-order valence-corrected chi connectivity index (χ1v) is 8.89. The van der Waals surface area contributed by atoms with Crippen LogP contribution in [0.5, 0.6) is 0 Å². The van der Waals surface area contributed by atoms with Crippen LogP contribution in [-0.4, -0.2) is 47.4 Å². The molecule has 2 aliphatic rings. The fraction of sp³-hybridized carbons (Fsp3) is 0.579. The zero-order valence-electron chi connectivity index (χ0n) is 14.6. The number of rotatable bonds is 2. The molecule has 1 aromatic carbocycles. The summed E-state index contributed by atoms with van der Waals surface area (Å²) >= 11 is 0. The van der Waals surface area contributed by atoms with E-state index >= 15 is 0 Å². The van der Waals surface area contributed by atoms with Crippen molar-refractivity contribution < 1.29 is 9.59 Å². The molecule has 1 atom stereocenters. The van der Waals surface area contributed by atoms with Crippen LogP contribution in [0.15, 0.2) is 18.2 Å². The molecule has 24 heavy (non-hydrogen) atoms. The highest BCUT2D eigenvalue weighted by molar-refractivity contribution is 5.87. The van der Waals surface area contributed by atoms with E-state index in [0.29, 0.717) is 12.5 Å². The van der Waals surface area contributed by atoms with E-state index in [9.17, 15) is 9.59 Å². The minimum Gasteiger partial charge on any atom is -0.351 e. The summed E-state index contributed by atoms with van der Waals surface area (Å²) in [6.07, 6.45) is 3.56. The Morgan fingerprint density at radius 2 is 1.62 bits per heavy atom. The third kappa shape index (κ3) is 3.40. The lowest BCUT2D eigenvalue weighted by Gasteiger charge is -2.35. The molecule has 130 valence electrons. The first-order chi connectivity index (χ1) is 11.5. The van der Waals surface area contributed by atoms with Gasteiger partial charge in [-0.25, -0.2) is 4.79 Å². The summed E-state index contributed by atoms with van der Waals surface area (Å²) in [6.45, 7) is 6.39. The van der Waals surface area contributed by atoms with Gasteiger partial charge in [0.05, 0.1) is 0 Å². The van der Waals surface area contributed by atoms with Crippen LogP contribution in [0.2, 0.25) is 0 Å². The van der Waals surface area contributed by atoms with Gasteiger partial charge in [-0.3, -0.25) is 4.79 Å². The number of hydrogen-bond donors (Lipinski definition) is 1. The van der Waals surface area contributed by atoms with Crippen molar-refractivity contribution in [1.82, 2.24) is 9.80 Å². The number of hydrogen-bond acceptors (Lipinski definition) is 2. The van der Waals surface area contributed by atoms with E-state index < -0.39 is 6.03 Å². The highest BCUT2D eigenvalue weighted by atomic mass is 16.2. The molecule has 0 aromatic heterocycles. The molecule has 2 N–H and O–H groups in total. The molecule has 2 saturated heterocycles. The predicted octanol–water partition coefficient (Wildman–Crippen LogP) is 2.55. The number of amides is 3. The van der Waals surface area contributed by atoms with Gasteiger partial charge in [-0.1, -0.05) is 29.3 Å². The summed E-state index contributed by atoms with van der Waals surface area (Å²) < 4.78 is 0. The van der Waals surface area contributed by atoms with Gasteiger partial charge < -0.3 is 15.5 Å². The van der Waals surface area contributed by atoms with Crippen LogP contribution in [0, 0.1) is 13.8 Å². The molecule has 3 rings (SSSR count). The van der Waals surface area contributed by atoms with E-state index in [-0.39, 0.29) is 11.9 Å². The fourth-order valence-corrected chi connectivity index (χ4v) is 4.18. The Morgan fingerprint density at radius 1 is 1.00 bits per heavy atom. The van der Waals surface area contributed by atoms with Crippen LogP contribution in [0.3, 0.4) is 0 Å². The highest BCUT2D eigenvalue weighted by Crippen LogP contribution is 2.30. The first kappa shape index (κ1) is 16.8. The summed E-state index contributed by atoms with van der Waals surface area (Å²) in [4.78, 5) is 27.7. The van der Waals surface area contributed by atoms with Gasteiger partial charge in [0.1, 0.15) is 6.04 Å². The van der Waals surface area contributed by atoms with Crippen molar-refractivity contribution in [1.29, 1.82) is 0 Å². The number of primary amides is 1. The molecule has 0 unspecified atom stereocenters. The standard InChI is InChI=1S/C19H27N3O2/c1-13-10-14(2)12-16(11-13)15-5-8-21(9-6-15)18(23)17-4-3-7-22(17)19(20)24/h10-12,15,17H,3-9H2,1-2H3,(H2,20,24)/t17-/m0/s1. The first-order valence-electron chi connectivity index (χ1n) is 8.89. The molecular formula is C19H27N3O2. The highest BCUT2D eigenvalue weighted by Gasteiger charge is 2.36. The van der Waals surface area contributed by atoms with Crippen LogP contribution in [-0.2, 0) is 4.79 Å². The normalized spacial score (nSPS) is 22.0. The largest absolute Gasteiger partial charge is 0.351 e. The van der Waals surface area contributed by atoms with Crippen LogP contribution < -0.4 is 5.73 Å². The molecule has 3 amide bonds. The molecule has 2 fully saturated rings. The van der Waals surface area contributed by atoms with Gasteiger partial charge in [-0.15, -0.1) is 0 Å². The van der Waals surface area contributed by atoms with Gasteiger partial charge in [0.2, 0.25) is 5.91 Å². The van der Waals surface area contributed by atoms with Crippen molar-refractivity contribution >= 4 is 11.9 Å².